The summed E-state index contributed by atoms with van der Waals surface area (Å²) in [6.07, 6.45) is 3.01. The lowest BCUT2D eigenvalue weighted by molar-refractivity contribution is 0.0566. The molecule has 0 radical (unpaired) electrons. The van der Waals surface area contributed by atoms with Crippen LogP contribution in [-0.4, -0.2) is 47.0 Å². The minimum atomic E-state index is -0.795. The van der Waals surface area contributed by atoms with Gasteiger partial charge in [0.25, 0.3) is 0 Å². The lowest BCUT2D eigenvalue weighted by Gasteiger charge is -2.29. The lowest BCUT2D eigenvalue weighted by atomic mass is 10.0. The van der Waals surface area contributed by atoms with Crippen LogP contribution in [0.15, 0.2) is 11.6 Å². The zero-order valence-corrected chi connectivity index (χ0v) is 10.5. The minimum absolute atomic E-state index is 0.248. The van der Waals surface area contributed by atoms with Gasteiger partial charge in [0.1, 0.15) is 5.01 Å². The van der Waals surface area contributed by atoms with E-state index in [2.05, 4.69) is 15.6 Å². The standard InChI is InChI=1S/C11H19N3O2S/c15-7-9(16)10(11-13-5-6-17-11)14-8-1-3-12-4-2-8/h5-6,8-10,12,14-16H,1-4,7H2. The highest BCUT2D eigenvalue weighted by molar-refractivity contribution is 7.09. The van der Waals surface area contributed by atoms with Crippen LogP contribution in [-0.2, 0) is 0 Å². The molecule has 0 aliphatic carbocycles. The van der Waals surface area contributed by atoms with Crippen LogP contribution in [0.3, 0.4) is 0 Å². The van der Waals surface area contributed by atoms with Crippen LogP contribution in [0.1, 0.15) is 23.9 Å². The molecular formula is C11H19N3O2S. The number of aromatic nitrogens is 1. The van der Waals surface area contributed by atoms with E-state index in [-0.39, 0.29) is 12.6 Å². The fraction of sp³-hybridized carbons (Fsp3) is 0.727. The van der Waals surface area contributed by atoms with Crippen molar-refractivity contribution in [3.05, 3.63) is 16.6 Å². The van der Waals surface area contributed by atoms with E-state index >= 15 is 0 Å². The topological polar surface area (TPSA) is 77.4 Å². The Morgan fingerprint density at radius 2 is 2.29 bits per heavy atom. The smallest absolute Gasteiger partial charge is 0.112 e. The summed E-state index contributed by atoms with van der Waals surface area (Å²) in [5, 5.41) is 28.4. The second kappa shape index (κ2) is 6.42. The average Bonchev–Trinajstić information content (AvgIpc) is 2.90. The molecule has 2 rings (SSSR count). The molecule has 2 heterocycles. The molecule has 0 spiro atoms. The first kappa shape index (κ1) is 12.9. The van der Waals surface area contributed by atoms with Crippen molar-refractivity contribution < 1.29 is 10.2 Å². The Hall–Kier alpha value is -0.530. The summed E-state index contributed by atoms with van der Waals surface area (Å²) in [5.41, 5.74) is 0. The van der Waals surface area contributed by atoms with Gasteiger partial charge in [-0.15, -0.1) is 11.3 Å². The number of rotatable bonds is 5. The Balaban J connectivity index is 2.00. The Bertz CT molecular complexity index is 315. The summed E-state index contributed by atoms with van der Waals surface area (Å²) in [5.74, 6) is 0. The first-order valence-corrected chi connectivity index (χ1v) is 6.84. The average molecular weight is 257 g/mol. The molecule has 17 heavy (non-hydrogen) atoms. The number of piperidine rings is 1. The Labute approximate surface area is 105 Å². The monoisotopic (exact) mass is 257 g/mol. The summed E-state index contributed by atoms with van der Waals surface area (Å²) in [7, 11) is 0. The number of aliphatic hydroxyl groups is 2. The van der Waals surface area contributed by atoms with Gasteiger partial charge in [-0.3, -0.25) is 0 Å². The molecule has 2 unspecified atom stereocenters. The van der Waals surface area contributed by atoms with Crippen molar-refractivity contribution in [2.45, 2.75) is 31.0 Å². The summed E-state index contributed by atoms with van der Waals surface area (Å²) in [6.45, 7) is 1.75. The molecule has 96 valence electrons. The highest BCUT2D eigenvalue weighted by Crippen LogP contribution is 2.21. The predicted octanol–water partition coefficient (Wildman–Crippen LogP) is -0.121. The van der Waals surface area contributed by atoms with Crippen molar-refractivity contribution in [3.63, 3.8) is 0 Å². The molecule has 1 aromatic heterocycles. The van der Waals surface area contributed by atoms with Crippen molar-refractivity contribution in [2.75, 3.05) is 19.7 Å². The van der Waals surface area contributed by atoms with Gasteiger partial charge >= 0.3 is 0 Å². The normalized spacial score (nSPS) is 21.3. The highest BCUT2D eigenvalue weighted by atomic mass is 32.1. The maximum atomic E-state index is 9.86. The Morgan fingerprint density at radius 1 is 1.53 bits per heavy atom. The fourth-order valence-corrected chi connectivity index (χ4v) is 2.84. The van der Waals surface area contributed by atoms with Gasteiger partial charge < -0.3 is 20.8 Å². The number of aliphatic hydroxyl groups excluding tert-OH is 2. The van der Waals surface area contributed by atoms with Gasteiger partial charge in [-0.1, -0.05) is 0 Å². The second-order valence-electron chi connectivity index (χ2n) is 4.29. The van der Waals surface area contributed by atoms with E-state index in [9.17, 15) is 5.11 Å². The summed E-state index contributed by atoms with van der Waals surface area (Å²) in [4.78, 5) is 4.22. The van der Waals surface area contributed by atoms with E-state index in [1.165, 1.54) is 11.3 Å². The number of nitrogens with zero attached hydrogens (tertiary/aromatic N) is 1. The van der Waals surface area contributed by atoms with Gasteiger partial charge in [-0.2, -0.15) is 0 Å². The van der Waals surface area contributed by atoms with Crippen LogP contribution >= 0.6 is 11.3 Å². The van der Waals surface area contributed by atoms with Gasteiger partial charge in [0.2, 0.25) is 0 Å². The lowest BCUT2D eigenvalue weighted by Crippen LogP contribution is -2.45. The van der Waals surface area contributed by atoms with Crippen molar-refractivity contribution in [1.29, 1.82) is 0 Å². The van der Waals surface area contributed by atoms with E-state index in [4.69, 9.17) is 5.11 Å². The van der Waals surface area contributed by atoms with Crippen molar-refractivity contribution >= 4 is 11.3 Å². The third kappa shape index (κ3) is 3.46. The largest absolute Gasteiger partial charge is 0.394 e. The number of thiazole rings is 1. The molecule has 4 N–H and O–H groups in total. The SMILES string of the molecule is OCC(O)C(NC1CCNCC1)c1nccs1. The summed E-state index contributed by atoms with van der Waals surface area (Å²) >= 11 is 1.50. The Kier molecular flexibility index (Phi) is 4.87. The molecule has 5 nitrogen and oxygen atoms in total. The molecule has 0 aromatic carbocycles. The first-order chi connectivity index (χ1) is 8.31. The van der Waals surface area contributed by atoms with Crippen LogP contribution in [0.2, 0.25) is 0 Å². The second-order valence-corrected chi connectivity index (χ2v) is 5.22. The molecule has 1 aliphatic heterocycles. The number of hydrogen-bond donors (Lipinski definition) is 4. The van der Waals surface area contributed by atoms with Gasteiger partial charge in [-0.25, -0.2) is 4.98 Å². The van der Waals surface area contributed by atoms with Crippen LogP contribution in [0.5, 0.6) is 0 Å². The van der Waals surface area contributed by atoms with E-state index < -0.39 is 6.10 Å². The third-order valence-corrected chi connectivity index (χ3v) is 3.90. The van der Waals surface area contributed by atoms with Crippen LogP contribution in [0.4, 0.5) is 0 Å². The molecule has 0 bridgehead atoms. The highest BCUT2D eigenvalue weighted by Gasteiger charge is 2.26. The maximum absolute atomic E-state index is 9.86. The van der Waals surface area contributed by atoms with E-state index in [1.54, 1.807) is 6.20 Å². The van der Waals surface area contributed by atoms with E-state index in [0.717, 1.165) is 30.9 Å². The van der Waals surface area contributed by atoms with Crippen LogP contribution < -0.4 is 10.6 Å². The van der Waals surface area contributed by atoms with E-state index in [0.29, 0.717) is 6.04 Å². The van der Waals surface area contributed by atoms with Crippen molar-refractivity contribution in [2.24, 2.45) is 0 Å². The Morgan fingerprint density at radius 3 is 2.88 bits per heavy atom. The number of nitrogens with one attached hydrogen (secondary N) is 2. The molecule has 0 saturated carbocycles. The molecule has 1 fully saturated rings. The first-order valence-electron chi connectivity index (χ1n) is 5.96. The quantitative estimate of drug-likeness (QED) is 0.591. The van der Waals surface area contributed by atoms with Crippen LogP contribution in [0.25, 0.3) is 0 Å². The molecule has 1 aromatic rings. The zero-order valence-electron chi connectivity index (χ0n) is 9.67. The zero-order chi connectivity index (χ0) is 12.1. The van der Waals surface area contributed by atoms with Gasteiger partial charge in [0.05, 0.1) is 18.8 Å². The van der Waals surface area contributed by atoms with Gasteiger partial charge in [0, 0.05) is 17.6 Å². The van der Waals surface area contributed by atoms with Crippen molar-refractivity contribution in [3.8, 4) is 0 Å². The van der Waals surface area contributed by atoms with Crippen LogP contribution in [0, 0.1) is 0 Å². The maximum Gasteiger partial charge on any atom is 0.112 e. The fourth-order valence-electron chi connectivity index (χ4n) is 2.08. The molecule has 6 heteroatoms. The minimum Gasteiger partial charge on any atom is -0.394 e. The third-order valence-electron chi connectivity index (χ3n) is 3.04. The number of hydrogen-bond acceptors (Lipinski definition) is 6. The molecular weight excluding hydrogens is 238 g/mol. The van der Waals surface area contributed by atoms with Crippen molar-refractivity contribution in [1.82, 2.24) is 15.6 Å². The van der Waals surface area contributed by atoms with Gasteiger partial charge in [0.15, 0.2) is 0 Å². The molecule has 2 atom stereocenters. The molecule has 1 saturated heterocycles. The molecule has 0 amide bonds. The van der Waals surface area contributed by atoms with E-state index in [1.807, 2.05) is 5.38 Å². The van der Waals surface area contributed by atoms with Gasteiger partial charge in [-0.05, 0) is 25.9 Å². The summed E-state index contributed by atoms with van der Waals surface area (Å²) < 4.78 is 0. The molecule has 1 aliphatic rings. The summed E-state index contributed by atoms with van der Waals surface area (Å²) in [6, 6.07) is 0.120. The predicted molar refractivity (Wildman–Crippen MR) is 67.0 cm³/mol.